The Hall–Kier alpha value is -1.26. The Bertz CT molecular complexity index is 332. The molecule has 0 radical (unpaired) electrons. The third-order valence-electron chi connectivity index (χ3n) is 2.38. The molecule has 0 unspecified atom stereocenters. The molecule has 0 aliphatic carbocycles. The van der Waals surface area contributed by atoms with Crippen LogP contribution in [0.4, 0.5) is 19.0 Å². The molecule has 0 saturated carbocycles. The number of hydrogen-bond donors (Lipinski definition) is 1. The van der Waals surface area contributed by atoms with E-state index in [0.29, 0.717) is 0 Å². The maximum Gasteiger partial charge on any atom is 0.433 e. The molecular weight excluding hydrogens is 217 g/mol. The van der Waals surface area contributed by atoms with Crippen LogP contribution in [0.3, 0.4) is 0 Å². The van der Waals surface area contributed by atoms with Crippen LogP contribution in [0.5, 0.6) is 0 Å². The Morgan fingerprint density at radius 2 is 1.88 bits per heavy atom. The normalized spacial score (nSPS) is 11.9. The number of nitrogens with zero attached hydrogens (tertiary/aromatic N) is 1. The quantitative estimate of drug-likeness (QED) is 0.856. The lowest BCUT2D eigenvalue weighted by atomic mass is 10.2. The van der Waals surface area contributed by atoms with Gasteiger partial charge in [0.2, 0.25) is 0 Å². The minimum Gasteiger partial charge on any atom is -0.367 e. The Morgan fingerprint density at radius 1 is 1.25 bits per heavy atom. The molecule has 0 aromatic carbocycles. The van der Waals surface area contributed by atoms with Gasteiger partial charge in [-0.1, -0.05) is 19.9 Å². The van der Waals surface area contributed by atoms with E-state index in [2.05, 4.69) is 10.3 Å². The van der Waals surface area contributed by atoms with Crippen LogP contribution >= 0.6 is 0 Å². The van der Waals surface area contributed by atoms with Gasteiger partial charge in [-0.2, -0.15) is 13.2 Å². The van der Waals surface area contributed by atoms with Gasteiger partial charge in [-0.15, -0.1) is 0 Å². The zero-order valence-electron chi connectivity index (χ0n) is 9.30. The second-order valence-electron chi connectivity index (χ2n) is 3.56. The Morgan fingerprint density at radius 3 is 2.38 bits per heavy atom. The van der Waals surface area contributed by atoms with Crippen molar-refractivity contribution >= 4 is 5.82 Å². The van der Waals surface area contributed by atoms with Crippen molar-refractivity contribution in [1.29, 1.82) is 0 Å². The topological polar surface area (TPSA) is 24.9 Å². The molecule has 1 heterocycles. The van der Waals surface area contributed by atoms with Crippen molar-refractivity contribution in [2.24, 2.45) is 0 Å². The standard InChI is InChI=1S/C11H15F3N2/c1-3-8(4-2)15-10-7-5-6-9(16-10)11(12,13)14/h5-8H,3-4H2,1-2H3,(H,15,16). The highest BCUT2D eigenvalue weighted by molar-refractivity contribution is 5.36. The number of alkyl halides is 3. The highest BCUT2D eigenvalue weighted by Gasteiger charge is 2.32. The van der Waals surface area contributed by atoms with Gasteiger partial charge in [-0.25, -0.2) is 4.98 Å². The molecule has 0 amide bonds. The van der Waals surface area contributed by atoms with Crippen LogP contribution in [0.1, 0.15) is 32.4 Å². The van der Waals surface area contributed by atoms with Gasteiger partial charge in [0, 0.05) is 6.04 Å². The van der Waals surface area contributed by atoms with Crippen LogP contribution in [-0.4, -0.2) is 11.0 Å². The Kier molecular flexibility index (Phi) is 4.15. The molecular formula is C11H15F3N2. The Labute approximate surface area is 92.9 Å². The van der Waals surface area contributed by atoms with Gasteiger partial charge < -0.3 is 5.32 Å². The summed E-state index contributed by atoms with van der Waals surface area (Å²) in [6, 6.07) is 4.04. The lowest BCUT2D eigenvalue weighted by Crippen LogP contribution is -2.19. The monoisotopic (exact) mass is 232 g/mol. The molecule has 0 bridgehead atoms. The summed E-state index contributed by atoms with van der Waals surface area (Å²) >= 11 is 0. The summed E-state index contributed by atoms with van der Waals surface area (Å²) in [5.74, 6) is 0.281. The van der Waals surface area contributed by atoms with Crippen molar-refractivity contribution in [3.8, 4) is 0 Å². The number of pyridine rings is 1. The second kappa shape index (κ2) is 5.18. The average molecular weight is 232 g/mol. The van der Waals surface area contributed by atoms with E-state index in [0.717, 1.165) is 18.9 Å². The van der Waals surface area contributed by atoms with E-state index in [4.69, 9.17) is 0 Å². The number of halogens is 3. The van der Waals surface area contributed by atoms with Crippen LogP contribution in [0.2, 0.25) is 0 Å². The molecule has 1 aromatic rings. The molecule has 5 heteroatoms. The third-order valence-corrected chi connectivity index (χ3v) is 2.38. The number of rotatable bonds is 4. The minimum absolute atomic E-state index is 0.163. The minimum atomic E-state index is -4.38. The molecule has 0 saturated heterocycles. The van der Waals surface area contributed by atoms with E-state index in [1.54, 1.807) is 6.07 Å². The summed E-state index contributed by atoms with van der Waals surface area (Å²) < 4.78 is 37.1. The molecule has 1 rings (SSSR count). The lowest BCUT2D eigenvalue weighted by Gasteiger charge is -2.16. The van der Waals surface area contributed by atoms with Gasteiger partial charge >= 0.3 is 6.18 Å². The first-order valence-corrected chi connectivity index (χ1v) is 5.28. The number of aromatic nitrogens is 1. The van der Waals surface area contributed by atoms with Gasteiger partial charge in [0.1, 0.15) is 11.5 Å². The fourth-order valence-corrected chi connectivity index (χ4v) is 1.37. The highest BCUT2D eigenvalue weighted by atomic mass is 19.4. The molecule has 2 nitrogen and oxygen atoms in total. The van der Waals surface area contributed by atoms with E-state index in [-0.39, 0.29) is 11.9 Å². The number of nitrogens with one attached hydrogen (secondary N) is 1. The molecule has 1 aromatic heterocycles. The van der Waals surface area contributed by atoms with E-state index < -0.39 is 11.9 Å². The molecule has 0 atom stereocenters. The van der Waals surface area contributed by atoms with E-state index >= 15 is 0 Å². The van der Waals surface area contributed by atoms with Crippen LogP contribution < -0.4 is 5.32 Å². The summed E-state index contributed by atoms with van der Waals surface area (Å²) in [5.41, 5.74) is -0.858. The first-order valence-electron chi connectivity index (χ1n) is 5.28. The molecule has 16 heavy (non-hydrogen) atoms. The first kappa shape index (κ1) is 12.8. The maximum atomic E-state index is 12.4. The fraction of sp³-hybridized carbons (Fsp3) is 0.545. The molecule has 1 N–H and O–H groups in total. The van der Waals surface area contributed by atoms with Gasteiger partial charge in [0.15, 0.2) is 0 Å². The summed E-state index contributed by atoms with van der Waals surface area (Å²) in [7, 11) is 0. The van der Waals surface area contributed by atoms with Gasteiger partial charge in [-0.05, 0) is 25.0 Å². The van der Waals surface area contributed by atoms with Crippen molar-refractivity contribution < 1.29 is 13.2 Å². The van der Waals surface area contributed by atoms with Crippen LogP contribution in [0.15, 0.2) is 18.2 Å². The van der Waals surface area contributed by atoms with Crippen molar-refractivity contribution in [3.63, 3.8) is 0 Å². The Balaban J connectivity index is 2.82. The predicted molar refractivity (Wildman–Crippen MR) is 57.2 cm³/mol. The third kappa shape index (κ3) is 3.40. The van der Waals surface area contributed by atoms with Crippen LogP contribution in [0.25, 0.3) is 0 Å². The average Bonchev–Trinajstić information content (AvgIpc) is 2.25. The lowest BCUT2D eigenvalue weighted by molar-refractivity contribution is -0.141. The van der Waals surface area contributed by atoms with Crippen molar-refractivity contribution in [1.82, 2.24) is 4.98 Å². The van der Waals surface area contributed by atoms with Crippen molar-refractivity contribution in [2.75, 3.05) is 5.32 Å². The zero-order chi connectivity index (χ0) is 12.2. The predicted octanol–water partition coefficient (Wildman–Crippen LogP) is 3.70. The van der Waals surface area contributed by atoms with E-state index in [1.165, 1.54) is 6.07 Å². The summed E-state index contributed by atoms with van der Waals surface area (Å²) in [4.78, 5) is 3.54. The second-order valence-corrected chi connectivity index (χ2v) is 3.56. The van der Waals surface area contributed by atoms with Crippen LogP contribution in [0, 0.1) is 0 Å². The number of anilines is 1. The van der Waals surface area contributed by atoms with Crippen molar-refractivity contribution in [2.45, 2.75) is 38.9 Å². The fourth-order valence-electron chi connectivity index (χ4n) is 1.37. The summed E-state index contributed by atoms with van der Waals surface area (Å²) in [6.07, 6.45) is -2.67. The highest BCUT2D eigenvalue weighted by Crippen LogP contribution is 2.28. The van der Waals surface area contributed by atoms with Gasteiger partial charge in [0.05, 0.1) is 0 Å². The largest absolute Gasteiger partial charge is 0.433 e. The molecule has 0 fully saturated rings. The van der Waals surface area contributed by atoms with E-state index in [9.17, 15) is 13.2 Å². The zero-order valence-corrected chi connectivity index (χ0v) is 9.30. The number of hydrogen-bond acceptors (Lipinski definition) is 2. The SMILES string of the molecule is CCC(CC)Nc1cccc(C(F)(F)F)n1. The summed E-state index contributed by atoms with van der Waals surface area (Å²) in [5, 5.41) is 2.98. The molecule has 0 aliphatic heterocycles. The van der Waals surface area contributed by atoms with Gasteiger partial charge in [-0.3, -0.25) is 0 Å². The molecule has 0 aliphatic rings. The maximum absolute atomic E-state index is 12.4. The van der Waals surface area contributed by atoms with Gasteiger partial charge in [0.25, 0.3) is 0 Å². The molecule has 0 spiro atoms. The van der Waals surface area contributed by atoms with E-state index in [1.807, 2.05) is 13.8 Å². The summed E-state index contributed by atoms with van der Waals surface area (Å²) in [6.45, 7) is 3.96. The molecule has 90 valence electrons. The van der Waals surface area contributed by atoms with Crippen LogP contribution in [-0.2, 0) is 6.18 Å². The van der Waals surface area contributed by atoms with Crippen molar-refractivity contribution in [3.05, 3.63) is 23.9 Å². The smallest absolute Gasteiger partial charge is 0.367 e. The first-order chi connectivity index (χ1) is 7.47.